The molecule has 0 spiro atoms. The molecule has 2 aliphatic rings. The van der Waals surface area contributed by atoms with Gasteiger partial charge in [0.2, 0.25) is 0 Å². The highest BCUT2D eigenvalue weighted by Gasteiger charge is 2.58. The van der Waals surface area contributed by atoms with Gasteiger partial charge in [0.05, 0.1) is 12.5 Å². The number of Topliss-reactive ketones (excluding diaryl/α,β-unsaturated/α-hetero) is 1. The molecule has 2 rings (SSSR count). The highest BCUT2D eigenvalue weighted by Crippen LogP contribution is 2.58. The average Bonchev–Trinajstić information content (AvgIpc) is 2.47. The van der Waals surface area contributed by atoms with E-state index < -0.39 is 10.8 Å². The number of aliphatic hydroxyl groups excluding tert-OH is 1. The average molecular weight is 308 g/mol. The lowest BCUT2D eigenvalue weighted by Gasteiger charge is -2.52. The van der Waals surface area contributed by atoms with E-state index in [1.54, 1.807) is 0 Å². The number of ketones is 1. The topological polar surface area (TPSA) is 63.6 Å². The lowest BCUT2D eigenvalue weighted by molar-refractivity contribution is -0.167. The van der Waals surface area contributed by atoms with Crippen LogP contribution in [0.2, 0.25) is 0 Å². The van der Waals surface area contributed by atoms with Gasteiger partial charge in [-0.2, -0.15) is 0 Å². The van der Waals surface area contributed by atoms with Gasteiger partial charge in [0.1, 0.15) is 5.76 Å². The molecule has 1 unspecified atom stereocenters. The van der Waals surface area contributed by atoms with Crippen LogP contribution in [0.25, 0.3) is 0 Å². The number of rotatable bonds is 2. The number of carbonyl (C=O) groups is 2. The van der Waals surface area contributed by atoms with E-state index in [0.29, 0.717) is 12.0 Å². The maximum atomic E-state index is 13.1. The number of methoxy groups -OCH3 is 1. The number of carbonyl (C=O) groups excluding carboxylic acids is 2. The molecular weight excluding hydrogens is 280 g/mol. The molecule has 2 fully saturated rings. The summed E-state index contributed by atoms with van der Waals surface area (Å²) < 4.78 is 5.02. The fourth-order valence-corrected chi connectivity index (χ4v) is 4.60. The molecule has 2 saturated carbocycles. The highest BCUT2D eigenvalue weighted by molar-refractivity contribution is 6.01. The Bertz CT molecular complexity index is 519. The Morgan fingerprint density at radius 3 is 2.50 bits per heavy atom. The summed E-state index contributed by atoms with van der Waals surface area (Å²) in [5, 5.41) is 10.3. The Balaban J connectivity index is 2.44. The number of aliphatic hydroxyl groups is 1. The molecule has 0 saturated heterocycles. The quantitative estimate of drug-likeness (QED) is 0.479. The number of allylic oxidation sites excluding steroid dienone is 2. The summed E-state index contributed by atoms with van der Waals surface area (Å²) in [7, 11) is 1.42. The van der Waals surface area contributed by atoms with Gasteiger partial charge in [-0.25, -0.2) is 0 Å². The Morgan fingerprint density at radius 1 is 1.32 bits per heavy atom. The van der Waals surface area contributed by atoms with Crippen LogP contribution in [0.15, 0.2) is 11.3 Å². The molecular formula is C18H28O4. The molecule has 0 aliphatic heterocycles. The number of hydrogen-bond acceptors (Lipinski definition) is 4. The first-order valence-electron chi connectivity index (χ1n) is 8.23. The summed E-state index contributed by atoms with van der Waals surface area (Å²) >= 11 is 0. The third kappa shape index (κ3) is 2.37. The Morgan fingerprint density at radius 2 is 1.95 bits per heavy atom. The van der Waals surface area contributed by atoms with Gasteiger partial charge in [0.25, 0.3) is 0 Å². The van der Waals surface area contributed by atoms with Crippen molar-refractivity contribution in [2.45, 2.75) is 59.8 Å². The molecule has 0 bridgehead atoms. The van der Waals surface area contributed by atoms with Crippen LogP contribution in [0.5, 0.6) is 0 Å². The summed E-state index contributed by atoms with van der Waals surface area (Å²) in [5.41, 5.74) is -0.600. The molecule has 0 amide bonds. The van der Waals surface area contributed by atoms with Gasteiger partial charge in [-0.15, -0.1) is 0 Å². The van der Waals surface area contributed by atoms with Crippen molar-refractivity contribution >= 4 is 11.8 Å². The van der Waals surface area contributed by atoms with Gasteiger partial charge < -0.3 is 9.84 Å². The van der Waals surface area contributed by atoms with E-state index >= 15 is 0 Å². The third-order valence-corrected chi connectivity index (χ3v) is 5.91. The minimum atomic E-state index is -0.601. The van der Waals surface area contributed by atoms with Gasteiger partial charge in [-0.1, -0.05) is 27.2 Å². The minimum Gasteiger partial charge on any atom is -0.512 e. The van der Waals surface area contributed by atoms with Gasteiger partial charge in [0.15, 0.2) is 5.78 Å². The summed E-state index contributed by atoms with van der Waals surface area (Å²) in [4.78, 5) is 25.4. The molecule has 4 nitrogen and oxygen atoms in total. The Hall–Kier alpha value is -1.32. The molecule has 0 aromatic heterocycles. The molecule has 2 aliphatic carbocycles. The first-order valence-corrected chi connectivity index (χ1v) is 8.23. The largest absolute Gasteiger partial charge is 0.512 e. The molecule has 22 heavy (non-hydrogen) atoms. The molecule has 0 heterocycles. The first-order chi connectivity index (χ1) is 10.2. The van der Waals surface area contributed by atoms with Crippen molar-refractivity contribution < 1.29 is 19.4 Å². The minimum absolute atomic E-state index is 0.0163. The van der Waals surface area contributed by atoms with Gasteiger partial charge >= 0.3 is 5.97 Å². The van der Waals surface area contributed by atoms with Crippen LogP contribution in [-0.2, 0) is 14.3 Å². The van der Waals surface area contributed by atoms with E-state index in [1.807, 2.05) is 27.7 Å². The predicted octanol–water partition coefficient (Wildman–Crippen LogP) is 3.80. The normalized spacial score (nSPS) is 37.7. The van der Waals surface area contributed by atoms with Crippen molar-refractivity contribution in [2.24, 2.45) is 22.7 Å². The lowest BCUT2D eigenvalue weighted by Crippen LogP contribution is -2.54. The second-order valence-electron chi connectivity index (χ2n) is 7.62. The van der Waals surface area contributed by atoms with Crippen molar-refractivity contribution in [2.75, 3.05) is 7.11 Å². The molecule has 124 valence electrons. The Kier molecular flexibility index (Phi) is 4.42. The van der Waals surface area contributed by atoms with Crippen LogP contribution < -0.4 is 0 Å². The number of fused-ring (bicyclic) bond motifs is 1. The van der Waals surface area contributed by atoms with Crippen LogP contribution in [0.3, 0.4) is 0 Å². The van der Waals surface area contributed by atoms with Gasteiger partial charge in [-0.3, -0.25) is 9.59 Å². The van der Waals surface area contributed by atoms with E-state index in [1.165, 1.54) is 7.11 Å². The summed E-state index contributed by atoms with van der Waals surface area (Å²) in [6.45, 7) is 7.69. The fraction of sp³-hybridized carbons (Fsp3) is 0.778. The standard InChI is InChI=1S/C18H28O4/c1-11(2)14(19)12-7-8-13-17(3,15(12)20)9-6-10-18(13,4)16(21)22-5/h11,13,19H,6-10H2,1-5H3/b14-12-/t13?,17-,18-/m0/s1. The molecule has 1 N–H and O–H groups in total. The second-order valence-corrected chi connectivity index (χ2v) is 7.62. The zero-order valence-electron chi connectivity index (χ0n) is 14.4. The highest BCUT2D eigenvalue weighted by atomic mass is 16.5. The number of hydrogen-bond donors (Lipinski definition) is 1. The lowest BCUT2D eigenvalue weighted by atomic mass is 9.50. The zero-order valence-corrected chi connectivity index (χ0v) is 14.4. The smallest absolute Gasteiger partial charge is 0.311 e. The molecule has 0 aromatic carbocycles. The second kappa shape index (κ2) is 5.71. The molecule has 0 radical (unpaired) electrons. The summed E-state index contributed by atoms with van der Waals surface area (Å²) in [6, 6.07) is 0. The van der Waals surface area contributed by atoms with Crippen LogP contribution >= 0.6 is 0 Å². The molecule has 3 atom stereocenters. The van der Waals surface area contributed by atoms with E-state index in [0.717, 1.165) is 25.7 Å². The first kappa shape index (κ1) is 17.0. The summed E-state index contributed by atoms with van der Waals surface area (Å²) in [5.74, 6) is -0.0244. The Labute approximate surface area is 132 Å². The van der Waals surface area contributed by atoms with E-state index in [-0.39, 0.29) is 29.3 Å². The van der Waals surface area contributed by atoms with Crippen LogP contribution in [-0.4, -0.2) is 24.0 Å². The molecule has 0 aromatic rings. The van der Waals surface area contributed by atoms with Crippen LogP contribution in [0.1, 0.15) is 59.8 Å². The van der Waals surface area contributed by atoms with Crippen molar-refractivity contribution in [3.63, 3.8) is 0 Å². The maximum Gasteiger partial charge on any atom is 0.311 e. The van der Waals surface area contributed by atoms with Crippen molar-refractivity contribution in [1.82, 2.24) is 0 Å². The van der Waals surface area contributed by atoms with Crippen molar-refractivity contribution in [1.29, 1.82) is 0 Å². The monoisotopic (exact) mass is 308 g/mol. The van der Waals surface area contributed by atoms with Crippen molar-refractivity contribution in [3.8, 4) is 0 Å². The zero-order chi connectivity index (χ0) is 16.7. The van der Waals surface area contributed by atoms with Gasteiger partial charge in [-0.05, 0) is 38.5 Å². The fourth-order valence-electron chi connectivity index (χ4n) is 4.60. The van der Waals surface area contributed by atoms with Gasteiger partial charge in [0, 0.05) is 16.9 Å². The van der Waals surface area contributed by atoms with E-state index in [9.17, 15) is 14.7 Å². The number of esters is 1. The third-order valence-electron chi connectivity index (χ3n) is 5.91. The molecule has 4 heteroatoms. The van der Waals surface area contributed by atoms with E-state index in [2.05, 4.69) is 0 Å². The SMILES string of the molecule is COC(=O)[C@@]1(C)CCC[C@]2(C)C(=O)/C(=C(\O)C(C)C)CCC12. The van der Waals surface area contributed by atoms with Crippen LogP contribution in [0.4, 0.5) is 0 Å². The van der Waals surface area contributed by atoms with E-state index in [4.69, 9.17) is 4.74 Å². The maximum absolute atomic E-state index is 13.1. The number of ether oxygens (including phenoxy) is 1. The van der Waals surface area contributed by atoms with Crippen molar-refractivity contribution in [3.05, 3.63) is 11.3 Å². The summed E-state index contributed by atoms with van der Waals surface area (Å²) in [6.07, 6.45) is 3.68. The van der Waals surface area contributed by atoms with Crippen LogP contribution in [0, 0.1) is 22.7 Å². The predicted molar refractivity (Wildman–Crippen MR) is 84.3 cm³/mol.